The molecule has 0 atom stereocenters. The van der Waals surface area contributed by atoms with Crippen molar-refractivity contribution in [1.29, 1.82) is 0 Å². The van der Waals surface area contributed by atoms with Gasteiger partial charge in [-0.25, -0.2) is 17.1 Å². The zero-order valence-corrected chi connectivity index (χ0v) is 13.5. The summed E-state index contributed by atoms with van der Waals surface area (Å²) in [6.07, 6.45) is 0.628. The molecule has 8 heteroatoms. The second-order valence-electron chi connectivity index (χ2n) is 4.73. The van der Waals surface area contributed by atoms with Crippen molar-refractivity contribution < 1.29 is 22.3 Å². The monoisotopic (exact) mass is 332 g/mol. The summed E-state index contributed by atoms with van der Waals surface area (Å²) in [4.78, 5) is 11.5. The number of sulfonamides is 1. The number of benzene rings is 1. The lowest BCUT2D eigenvalue weighted by Gasteiger charge is -2.17. The molecule has 1 aromatic carbocycles. The van der Waals surface area contributed by atoms with Gasteiger partial charge in [0.2, 0.25) is 15.9 Å². The van der Waals surface area contributed by atoms with Crippen molar-refractivity contribution in [2.45, 2.75) is 17.7 Å². The fourth-order valence-electron chi connectivity index (χ4n) is 1.75. The first-order valence-corrected chi connectivity index (χ1v) is 8.29. The first-order chi connectivity index (χ1) is 10.4. The third kappa shape index (κ3) is 5.70. The fraction of sp³-hybridized carbons (Fsp3) is 0.500. The molecule has 1 aromatic rings. The van der Waals surface area contributed by atoms with Gasteiger partial charge < -0.3 is 10.1 Å². The Kier molecular flexibility index (Phi) is 7.43. The van der Waals surface area contributed by atoms with Gasteiger partial charge in [0.05, 0.1) is 11.5 Å². The maximum atomic E-state index is 12.8. The molecule has 22 heavy (non-hydrogen) atoms. The number of methoxy groups -OCH3 is 1. The van der Waals surface area contributed by atoms with Crippen molar-refractivity contribution in [2.75, 3.05) is 33.9 Å². The summed E-state index contributed by atoms with van der Waals surface area (Å²) < 4.78 is 43.2. The Labute approximate surface area is 130 Å². The predicted molar refractivity (Wildman–Crippen MR) is 80.3 cm³/mol. The molecular formula is C14H21FN2O4S. The molecule has 0 aliphatic heterocycles. The van der Waals surface area contributed by atoms with E-state index in [0.717, 1.165) is 16.4 Å². The van der Waals surface area contributed by atoms with Crippen LogP contribution in [0.1, 0.15) is 12.8 Å². The van der Waals surface area contributed by atoms with E-state index in [1.165, 1.54) is 19.2 Å². The molecule has 124 valence electrons. The van der Waals surface area contributed by atoms with Crippen LogP contribution in [0.25, 0.3) is 0 Å². The average Bonchev–Trinajstić information content (AvgIpc) is 2.47. The molecule has 0 fully saturated rings. The first kappa shape index (κ1) is 18.5. The van der Waals surface area contributed by atoms with E-state index in [-0.39, 0.29) is 23.8 Å². The maximum absolute atomic E-state index is 12.8. The Balaban J connectivity index is 2.45. The predicted octanol–water partition coefficient (Wildman–Crippen LogP) is 0.989. The third-order valence-electron chi connectivity index (χ3n) is 3.03. The van der Waals surface area contributed by atoms with Gasteiger partial charge in [-0.2, -0.15) is 0 Å². The van der Waals surface area contributed by atoms with Crippen molar-refractivity contribution in [3.8, 4) is 0 Å². The van der Waals surface area contributed by atoms with E-state index in [1.807, 2.05) is 0 Å². The van der Waals surface area contributed by atoms with Gasteiger partial charge in [-0.05, 0) is 30.7 Å². The number of nitrogens with one attached hydrogen (secondary N) is 1. The van der Waals surface area contributed by atoms with Crippen molar-refractivity contribution in [3.05, 3.63) is 30.1 Å². The van der Waals surface area contributed by atoms with E-state index in [4.69, 9.17) is 4.74 Å². The van der Waals surface area contributed by atoms with Crippen LogP contribution in [-0.2, 0) is 19.6 Å². The second kappa shape index (κ2) is 8.82. The van der Waals surface area contributed by atoms with Crippen LogP contribution in [0, 0.1) is 5.82 Å². The number of carbonyl (C=O) groups excluding carboxylic acids is 1. The van der Waals surface area contributed by atoms with Gasteiger partial charge in [0, 0.05) is 33.7 Å². The lowest BCUT2D eigenvalue weighted by Crippen LogP contribution is -2.30. The highest BCUT2D eigenvalue weighted by Crippen LogP contribution is 2.15. The number of halogens is 1. The topological polar surface area (TPSA) is 75.7 Å². The molecular weight excluding hydrogens is 311 g/mol. The number of amides is 1. The molecule has 0 heterocycles. The van der Waals surface area contributed by atoms with Gasteiger partial charge in [0.1, 0.15) is 5.82 Å². The summed E-state index contributed by atoms with van der Waals surface area (Å²) in [7, 11) is -0.684. The van der Waals surface area contributed by atoms with Crippen LogP contribution in [-0.4, -0.2) is 52.5 Å². The zero-order chi connectivity index (χ0) is 16.6. The summed E-state index contributed by atoms with van der Waals surface area (Å²) in [6, 6.07) is 4.64. The molecule has 1 amide bonds. The Morgan fingerprint density at radius 1 is 1.32 bits per heavy atom. The van der Waals surface area contributed by atoms with Crippen LogP contribution in [0.3, 0.4) is 0 Å². The van der Waals surface area contributed by atoms with E-state index in [1.54, 1.807) is 7.11 Å². The molecule has 1 N–H and O–H groups in total. The molecule has 0 saturated carbocycles. The van der Waals surface area contributed by atoms with Crippen molar-refractivity contribution in [1.82, 2.24) is 9.62 Å². The summed E-state index contributed by atoms with van der Waals surface area (Å²) in [5.41, 5.74) is 0. The van der Waals surface area contributed by atoms with Gasteiger partial charge in [0.15, 0.2) is 0 Å². The summed E-state index contributed by atoms with van der Waals surface area (Å²) in [5, 5.41) is 2.66. The normalized spacial score (nSPS) is 11.6. The SMILES string of the molecule is COCCNC(=O)CCCN(C)S(=O)(=O)c1ccc(F)cc1. The maximum Gasteiger partial charge on any atom is 0.242 e. The second-order valence-corrected chi connectivity index (χ2v) is 6.77. The number of nitrogens with zero attached hydrogens (tertiary/aromatic N) is 1. The van der Waals surface area contributed by atoms with Crippen LogP contribution >= 0.6 is 0 Å². The third-order valence-corrected chi connectivity index (χ3v) is 4.90. The van der Waals surface area contributed by atoms with Crippen molar-refractivity contribution in [3.63, 3.8) is 0 Å². The van der Waals surface area contributed by atoms with E-state index < -0.39 is 15.8 Å². The Bertz CT molecular complexity index is 575. The minimum absolute atomic E-state index is 0.0287. The fourth-order valence-corrected chi connectivity index (χ4v) is 2.96. The molecule has 0 spiro atoms. The van der Waals surface area contributed by atoms with Crippen LogP contribution in [0.4, 0.5) is 4.39 Å². The molecule has 0 aromatic heterocycles. The Hall–Kier alpha value is -1.51. The zero-order valence-electron chi connectivity index (χ0n) is 12.7. The first-order valence-electron chi connectivity index (χ1n) is 6.85. The van der Waals surface area contributed by atoms with Gasteiger partial charge in [-0.15, -0.1) is 0 Å². The van der Waals surface area contributed by atoms with Crippen LogP contribution < -0.4 is 5.32 Å². The lowest BCUT2D eigenvalue weighted by molar-refractivity contribution is -0.121. The van der Waals surface area contributed by atoms with Crippen molar-refractivity contribution in [2.24, 2.45) is 0 Å². The number of hydrogen-bond acceptors (Lipinski definition) is 4. The van der Waals surface area contributed by atoms with Crippen LogP contribution in [0.2, 0.25) is 0 Å². The number of rotatable bonds is 9. The van der Waals surface area contributed by atoms with E-state index in [9.17, 15) is 17.6 Å². The highest BCUT2D eigenvalue weighted by Gasteiger charge is 2.20. The summed E-state index contributed by atoms with van der Waals surface area (Å²) in [6.45, 7) is 1.07. The largest absolute Gasteiger partial charge is 0.383 e. The quantitative estimate of drug-likeness (QED) is 0.684. The smallest absolute Gasteiger partial charge is 0.242 e. The number of carbonyl (C=O) groups is 1. The molecule has 0 aliphatic carbocycles. The van der Waals surface area contributed by atoms with Crippen LogP contribution in [0.15, 0.2) is 29.2 Å². The summed E-state index contributed by atoms with van der Waals surface area (Å²) in [5.74, 6) is -0.640. The molecule has 0 bridgehead atoms. The molecule has 0 aliphatic rings. The summed E-state index contributed by atoms with van der Waals surface area (Å²) >= 11 is 0. The van der Waals surface area contributed by atoms with E-state index in [2.05, 4.69) is 5.32 Å². The minimum Gasteiger partial charge on any atom is -0.383 e. The lowest BCUT2D eigenvalue weighted by atomic mass is 10.3. The Morgan fingerprint density at radius 2 is 1.95 bits per heavy atom. The molecule has 0 saturated heterocycles. The highest BCUT2D eigenvalue weighted by atomic mass is 32.2. The molecule has 0 radical (unpaired) electrons. The average molecular weight is 332 g/mol. The van der Waals surface area contributed by atoms with E-state index in [0.29, 0.717) is 19.6 Å². The molecule has 6 nitrogen and oxygen atoms in total. The van der Waals surface area contributed by atoms with Gasteiger partial charge in [-0.1, -0.05) is 0 Å². The number of ether oxygens (including phenoxy) is 1. The number of hydrogen-bond donors (Lipinski definition) is 1. The van der Waals surface area contributed by atoms with E-state index >= 15 is 0 Å². The van der Waals surface area contributed by atoms with Crippen molar-refractivity contribution >= 4 is 15.9 Å². The molecule has 1 rings (SSSR count). The van der Waals surface area contributed by atoms with Gasteiger partial charge >= 0.3 is 0 Å². The van der Waals surface area contributed by atoms with Gasteiger partial charge in [0.25, 0.3) is 0 Å². The van der Waals surface area contributed by atoms with Gasteiger partial charge in [-0.3, -0.25) is 4.79 Å². The highest BCUT2D eigenvalue weighted by molar-refractivity contribution is 7.89. The van der Waals surface area contributed by atoms with Crippen LogP contribution in [0.5, 0.6) is 0 Å². The Morgan fingerprint density at radius 3 is 2.55 bits per heavy atom. The minimum atomic E-state index is -3.66. The molecule has 0 unspecified atom stereocenters. The standard InChI is InChI=1S/C14H21FN2O4S/c1-17(10-3-4-14(18)16-9-11-21-2)22(19,20)13-7-5-12(15)6-8-13/h5-8H,3-4,9-11H2,1-2H3,(H,16,18).